The van der Waals surface area contributed by atoms with Crippen LogP contribution in [0.1, 0.15) is 16.1 Å². The summed E-state index contributed by atoms with van der Waals surface area (Å²) in [6.45, 7) is 0. The normalized spacial score (nSPS) is 11.4. The van der Waals surface area contributed by atoms with Crippen LogP contribution < -0.4 is 0 Å². The van der Waals surface area contributed by atoms with Crippen LogP contribution >= 0.6 is 0 Å². The number of fused-ring (bicyclic) bond motifs is 2. The summed E-state index contributed by atoms with van der Waals surface area (Å²) in [5, 5.41) is 9.18. The maximum atomic E-state index is 13.4. The molecule has 142 valence electrons. The Morgan fingerprint density at radius 2 is 1.69 bits per heavy atom. The van der Waals surface area contributed by atoms with Crippen LogP contribution in [-0.4, -0.2) is 25.9 Å². The Hall–Kier alpha value is -3.87. The number of rotatable bonds is 4. The molecule has 5 rings (SSSR count). The van der Waals surface area contributed by atoms with Crippen molar-refractivity contribution in [1.29, 1.82) is 0 Å². The van der Waals surface area contributed by atoms with Gasteiger partial charge in [-0.1, -0.05) is 0 Å². The number of carbonyl (C=O) groups excluding carboxylic acids is 1. The Balaban J connectivity index is 1.52. The fourth-order valence-corrected chi connectivity index (χ4v) is 3.52. The van der Waals surface area contributed by atoms with Crippen molar-refractivity contribution in [2.24, 2.45) is 0 Å². The van der Waals surface area contributed by atoms with Gasteiger partial charge in [0, 0.05) is 46.7 Å². The summed E-state index contributed by atoms with van der Waals surface area (Å²) in [4.78, 5) is 19.7. The average molecular weight is 388 g/mol. The molecule has 0 aliphatic heterocycles. The van der Waals surface area contributed by atoms with Crippen molar-refractivity contribution in [3.63, 3.8) is 0 Å². The summed E-state index contributed by atoms with van der Waals surface area (Å²) in [6, 6.07) is 12.5. The van der Waals surface area contributed by atoms with Gasteiger partial charge in [0.25, 0.3) is 0 Å². The van der Waals surface area contributed by atoms with Gasteiger partial charge in [0.05, 0.1) is 11.2 Å². The second-order valence-corrected chi connectivity index (χ2v) is 6.85. The predicted molar refractivity (Wildman–Crippen MR) is 106 cm³/mol. The average Bonchev–Trinajstić information content (AvgIpc) is 3.29. The highest BCUT2D eigenvalue weighted by Gasteiger charge is 2.15. The zero-order chi connectivity index (χ0) is 20.0. The molecule has 0 fully saturated rings. The van der Waals surface area contributed by atoms with Gasteiger partial charge in [0.1, 0.15) is 17.3 Å². The number of ketones is 1. The minimum absolute atomic E-state index is 0.0941. The molecular weight excluding hydrogens is 374 g/mol. The van der Waals surface area contributed by atoms with Gasteiger partial charge >= 0.3 is 0 Å². The molecule has 0 saturated carbocycles. The molecule has 0 unspecified atom stereocenters. The summed E-state index contributed by atoms with van der Waals surface area (Å²) in [6.07, 6.45) is 3.32. The van der Waals surface area contributed by atoms with Crippen LogP contribution in [0.3, 0.4) is 0 Å². The standard InChI is InChI=1S/C22H14F2N4O/c23-15-5-12(6-16(24)10-15)7-21(29)20-9-14-8-17-19(11-18(14)26-20)27-28-22(17)13-1-3-25-4-2-13/h1-6,8-11,26H,7H2,(H,27,28). The maximum Gasteiger partial charge on any atom is 0.183 e. The first-order valence-corrected chi connectivity index (χ1v) is 8.96. The summed E-state index contributed by atoms with van der Waals surface area (Å²) in [5.74, 6) is -1.65. The van der Waals surface area contributed by atoms with Crippen LogP contribution in [0.2, 0.25) is 0 Å². The van der Waals surface area contributed by atoms with Gasteiger partial charge in [-0.3, -0.25) is 14.9 Å². The number of aromatic nitrogens is 4. The minimum atomic E-state index is -0.699. The second kappa shape index (κ2) is 6.63. The molecule has 0 aliphatic rings. The van der Waals surface area contributed by atoms with E-state index in [0.717, 1.165) is 39.1 Å². The highest BCUT2D eigenvalue weighted by molar-refractivity contribution is 6.05. The molecular formula is C22H14F2N4O. The van der Waals surface area contributed by atoms with E-state index in [1.165, 1.54) is 12.1 Å². The van der Waals surface area contributed by atoms with Crippen LogP contribution in [0.5, 0.6) is 0 Å². The Bertz CT molecular complexity index is 1350. The Morgan fingerprint density at radius 3 is 2.45 bits per heavy atom. The van der Waals surface area contributed by atoms with Gasteiger partial charge in [-0.25, -0.2) is 8.78 Å². The lowest BCUT2D eigenvalue weighted by Crippen LogP contribution is -2.04. The van der Waals surface area contributed by atoms with E-state index in [2.05, 4.69) is 20.2 Å². The smallest absolute Gasteiger partial charge is 0.183 e. The largest absolute Gasteiger partial charge is 0.352 e. The van der Waals surface area contributed by atoms with Crippen LogP contribution in [-0.2, 0) is 6.42 Å². The third-order valence-corrected chi connectivity index (χ3v) is 4.84. The van der Waals surface area contributed by atoms with Gasteiger partial charge in [0.2, 0.25) is 0 Å². The number of hydrogen-bond acceptors (Lipinski definition) is 3. The summed E-state index contributed by atoms with van der Waals surface area (Å²) >= 11 is 0. The van der Waals surface area contributed by atoms with Crippen LogP contribution in [0.15, 0.2) is 60.9 Å². The number of Topliss-reactive ketones (excluding diaryl/α,β-unsaturated/α-hetero) is 1. The first kappa shape index (κ1) is 17.2. The molecule has 0 bridgehead atoms. The number of nitrogens with one attached hydrogen (secondary N) is 2. The fourth-order valence-electron chi connectivity index (χ4n) is 3.52. The van der Waals surface area contributed by atoms with E-state index in [1.54, 1.807) is 18.5 Å². The maximum absolute atomic E-state index is 13.4. The zero-order valence-corrected chi connectivity index (χ0v) is 15.0. The fraction of sp³-hybridized carbons (Fsp3) is 0.0455. The first-order chi connectivity index (χ1) is 14.1. The number of carbonyl (C=O) groups is 1. The van der Waals surface area contributed by atoms with Crippen molar-refractivity contribution in [1.82, 2.24) is 20.2 Å². The molecule has 0 atom stereocenters. The lowest BCUT2D eigenvalue weighted by atomic mass is 10.1. The summed E-state index contributed by atoms with van der Waals surface area (Å²) in [5.41, 5.74) is 4.02. The lowest BCUT2D eigenvalue weighted by Gasteiger charge is -2.00. The van der Waals surface area contributed by atoms with Gasteiger partial charge in [0.15, 0.2) is 5.78 Å². The van der Waals surface area contributed by atoms with E-state index < -0.39 is 11.6 Å². The number of nitrogens with zero attached hydrogens (tertiary/aromatic N) is 2. The van der Waals surface area contributed by atoms with E-state index in [-0.39, 0.29) is 12.2 Å². The molecule has 5 aromatic rings. The van der Waals surface area contributed by atoms with Crippen molar-refractivity contribution in [3.8, 4) is 11.3 Å². The van der Waals surface area contributed by atoms with Crippen LogP contribution in [0, 0.1) is 11.6 Å². The zero-order valence-electron chi connectivity index (χ0n) is 15.0. The second-order valence-electron chi connectivity index (χ2n) is 6.85. The van der Waals surface area contributed by atoms with Crippen molar-refractivity contribution in [2.45, 2.75) is 6.42 Å². The third-order valence-electron chi connectivity index (χ3n) is 4.84. The molecule has 0 spiro atoms. The Kier molecular flexibility index (Phi) is 3.94. The topological polar surface area (TPSA) is 74.4 Å². The highest BCUT2D eigenvalue weighted by atomic mass is 19.1. The highest BCUT2D eigenvalue weighted by Crippen LogP contribution is 2.30. The Labute approximate surface area is 163 Å². The molecule has 0 radical (unpaired) electrons. The molecule has 7 heteroatoms. The lowest BCUT2D eigenvalue weighted by molar-refractivity contribution is 0.0989. The molecule has 2 aromatic carbocycles. The number of H-pyrrole nitrogens is 2. The van der Waals surface area contributed by atoms with Gasteiger partial charge < -0.3 is 4.98 Å². The first-order valence-electron chi connectivity index (χ1n) is 8.96. The number of halogens is 2. The van der Waals surface area contributed by atoms with Gasteiger partial charge in [-0.2, -0.15) is 5.10 Å². The number of benzene rings is 2. The van der Waals surface area contributed by atoms with Crippen molar-refractivity contribution in [2.75, 3.05) is 0 Å². The van der Waals surface area contributed by atoms with Gasteiger partial charge in [-0.15, -0.1) is 0 Å². The number of aromatic amines is 2. The molecule has 5 nitrogen and oxygen atoms in total. The van der Waals surface area contributed by atoms with Crippen molar-refractivity contribution in [3.05, 3.63) is 83.8 Å². The molecule has 29 heavy (non-hydrogen) atoms. The molecule has 0 saturated heterocycles. The van der Waals surface area contributed by atoms with Crippen LogP contribution in [0.4, 0.5) is 8.78 Å². The molecule has 2 N–H and O–H groups in total. The van der Waals surface area contributed by atoms with Gasteiger partial charge in [-0.05, 0) is 48.0 Å². The van der Waals surface area contributed by atoms with Crippen LogP contribution in [0.25, 0.3) is 33.1 Å². The number of hydrogen-bond donors (Lipinski definition) is 2. The molecule has 3 aromatic heterocycles. The van der Waals surface area contributed by atoms with E-state index in [1.807, 2.05) is 24.3 Å². The summed E-state index contributed by atoms with van der Waals surface area (Å²) in [7, 11) is 0. The monoisotopic (exact) mass is 388 g/mol. The third kappa shape index (κ3) is 3.16. The Morgan fingerprint density at radius 1 is 0.931 bits per heavy atom. The molecule has 3 heterocycles. The van der Waals surface area contributed by atoms with Crippen molar-refractivity contribution < 1.29 is 13.6 Å². The molecule has 0 aliphatic carbocycles. The van der Waals surface area contributed by atoms with E-state index in [0.29, 0.717) is 11.3 Å². The van der Waals surface area contributed by atoms with E-state index in [4.69, 9.17) is 0 Å². The SMILES string of the molecule is O=C(Cc1cc(F)cc(F)c1)c1cc2cc3c(-c4ccncc4)n[nH]c3cc2[nH]1. The number of pyridine rings is 1. The minimum Gasteiger partial charge on any atom is -0.352 e. The molecule has 0 amide bonds. The summed E-state index contributed by atoms with van der Waals surface area (Å²) < 4.78 is 26.8. The predicted octanol–water partition coefficient (Wildman–Crippen LogP) is 4.81. The van der Waals surface area contributed by atoms with Crippen molar-refractivity contribution >= 4 is 27.6 Å². The van der Waals surface area contributed by atoms with E-state index in [9.17, 15) is 13.6 Å². The quantitative estimate of drug-likeness (QED) is 0.434. The van der Waals surface area contributed by atoms with E-state index >= 15 is 0 Å².